The van der Waals surface area contributed by atoms with Crippen molar-refractivity contribution in [3.8, 4) is 0 Å². The van der Waals surface area contributed by atoms with E-state index in [1.165, 1.54) is 15.9 Å². The van der Waals surface area contributed by atoms with Crippen molar-refractivity contribution in [3.05, 3.63) is 93.7 Å². The van der Waals surface area contributed by atoms with E-state index < -0.39 is 5.69 Å². The molecule has 0 radical (unpaired) electrons. The summed E-state index contributed by atoms with van der Waals surface area (Å²) in [5.41, 5.74) is 1.29. The van der Waals surface area contributed by atoms with Gasteiger partial charge in [0.25, 0.3) is 0 Å². The zero-order valence-electron chi connectivity index (χ0n) is 19.5. The summed E-state index contributed by atoms with van der Waals surface area (Å²) in [5.74, 6) is -0.173. The standard InChI is InChI=1S/C25H25N7O3S/c33-21(16-19-9-6-12-26-17-19)27-20-11-14-32(25(35)28-20)13-5-4-10-23-30-31-24(36-23)29-22(34)15-18-7-2-1-3-8-18/h1-3,6-9,11-12,14,17H,4-5,10,13,15-16H2,(H,29,31,34)(H,27,28,33,35). The van der Waals surface area contributed by atoms with Gasteiger partial charge in [0.05, 0.1) is 12.8 Å². The van der Waals surface area contributed by atoms with Crippen LogP contribution in [0.5, 0.6) is 0 Å². The molecule has 0 saturated carbocycles. The molecule has 4 aromatic rings. The van der Waals surface area contributed by atoms with Gasteiger partial charge < -0.3 is 10.6 Å². The van der Waals surface area contributed by atoms with Gasteiger partial charge in [-0.3, -0.25) is 19.1 Å². The van der Waals surface area contributed by atoms with E-state index in [0.717, 1.165) is 29.0 Å². The highest BCUT2D eigenvalue weighted by molar-refractivity contribution is 7.15. The normalized spacial score (nSPS) is 10.7. The van der Waals surface area contributed by atoms with Gasteiger partial charge in [-0.1, -0.05) is 47.7 Å². The van der Waals surface area contributed by atoms with Crippen molar-refractivity contribution in [3.63, 3.8) is 0 Å². The summed E-state index contributed by atoms with van der Waals surface area (Å²) >= 11 is 1.35. The summed E-state index contributed by atoms with van der Waals surface area (Å²) in [7, 11) is 0. The Bertz CT molecular complexity index is 1360. The van der Waals surface area contributed by atoms with Gasteiger partial charge in [0.2, 0.25) is 16.9 Å². The van der Waals surface area contributed by atoms with Gasteiger partial charge in [-0.25, -0.2) is 4.79 Å². The molecule has 2 amide bonds. The first-order valence-corrected chi connectivity index (χ1v) is 12.3. The van der Waals surface area contributed by atoms with E-state index >= 15 is 0 Å². The van der Waals surface area contributed by atoms with Crippen LogP contribution in [0, 0.1) is 0 Å². The lowest BCUT2D eigenvalue weighted by Crippen LogP contribution is -2.25. The molecule has 11 heteroatoms. The van der Waals surface area contributed by atoms with E-state index in [1.54, 1.807) is 30.7 Å². The van der Waals surface area contributed by atoms with E-state index in [-0.39, 0.29) is 30.5 Å². The minimum atomic E-state index is -0.423. The van der Waals surface area contributed by atoms with E-state index in [2.05, 4.69) is 30.8 Å². The number of rotatable bonds is 11. The fourth-order valence-electron chi connectivity index (χ4n) is 3.45. The Balaban J connectivity index is 1.18. The van der Waals surface area contributed by atoms with Crippen molar-refractivity contribution in [2.45, 2.75) is 38.6 Å². The first kappa shape index (κ1) is 24.9. The minimum absolute atomic E-state index is 0.132. The third kappa shape index (κ3) is 7.64. The maximum absolute atomic E-state index is 12.3. The number of unbranched alkanes of at least 4 members (excludes halogenated alkanes) is 1. The lowest BCUT2D eigenvalue weighted by molar-refractivity contribution is -0.116. The van der Waals surface area contributed by atoms with Crippen molar-refractivity contribution in [2.24, 2.45) is 0 Å². The Morgan fingerprint density at radius 3 is 2.44 bits per heavy atom. The minimum Gasteiger partial charge on any atom is -0.310 e. The van der Waals surface area contributed by atoms with Crippen LogP contribution in [-0.4, -0.2) is 36.5 Å². The van der Waals surface area contributed by atoms with Crippen LogP contribution in [0.1, 0.15) is 29.0 Å². The lowest BCUT2D eigenvalue weighted by Gasteiger charge is -2.07. The average molecular weight is 504 g/mol. The van der Waals surface area contributed by atoms with Gasteiger partial charge in [-0.05, 0) is 36.1 Å². The molecule has 1 aromatic carbocycles. The van der Waals surface area contributed by atoms with Gasteiger partial charge >= 0.3 is 5.69 Å². The smallest absolute Gasteiger partial charge is 0.310 e. The molecule has 0 aliphatic carbocycles. The number of anilines is 2. The van der Waals surface area contributed by atoms with Crippen molar-refractivity contribution in [2.75, 3.05) is 10.6 Å². The highest BCUT2D eigenvalue weighted by Gasteiger charge is 2.10. The molecule has 0 spiro atoms. The van der Waals surface area contributed by atoms with Gasteiger partial charge in [-0.2, -0.15) is 4.98 Å². The first-order chi connectivity index (χ1) is 17.5. The van der Waals surface area contributed by atoms with Gasteiger partial charge in [0, 0.05) is 31.6 Å². The molecular weight excluding hydrogens is 478 g/mol. The van der Waals surface area contributed by atoms with E-state index in [0.29, 0.717) is 18.1 Å². The molecule has 0 unspecified atom stereocenters. The monoisotopic (exact) mass is 503 g/mol. The van der Waals surface area contributed by atoms with E-state index in [4.69, 9.17) is 0 Å². The lowest BCUT2D eigenvalue weighted by atomic mass is 10.1. The molecule has 0 aliphatic rings. The Labute approximate surface area is 211 Å². The number of nitrogens with zero attached hydrogens (tertiary/aromatic N) is 5. The van der Waals surface area contributed by atoms with Crippen LogP contribution in [0.3, 0.4) is 0 Å². The molecule has 2 N–H and O–H groups in total. The average Bonchev–Trinajstić information content (AvgIpc) is 3.31. The van der Waals surface area contributed by atoms with Crippen molar-refractivity contribution in [1.29, 1.82) is 0 Å². The van der Waals surface area contributed by atoms with Crippen LogP contribution < -0.4 is 16.3 Å². The summed E-state index contributed by atoms with van der Waals surface area (Å²) < 4.78 is 1.51. The van der Waals surface area contributed by atoms with Crippen LogP contribution in [-0.2, 0) is 35.4 Å². The van der Waals surface area contributed by atoms with Crippen molar-refractivity contribution < 1.29 is 9.59 Å². The number of aryl methyl sites for hydroxylation is 2. The number of hydrogen-bond donors (Lipinski definition) is 2. The molecule has 0 atom stereocenters. The van der Waals surface area contributed by atoms with Gasteiger partial charge in [0.15, 0.2) is 0 Å². The number of pyridine rings is 1. The number of nitrogens with one attached hydrogen (secondary N) is 2. The Hall–Kier alpha value is -4.25. The molecule has 10 nitrogen and oxygen atoms in total. The molecule has 4 rings (SSSR count). The molecule has 36 heavy (non-hydrogen) atoms. The van der Waals surface area contributed by atoms with Gasteiger partial charge in [-0.15, -0.1) is 10.2 Å². The van der Waals surface area contributed by atoms with E-state index in [1.807, 2.05) is 36.4 Å². The third-order valence-electron chi connectivity index (χ3n) is 5.19. The van der Waals surface area contributed by atoms with E-state index in [9.17, 15) is 14.4 Å². The molecule has 0 bridgehead atoms. The van der Waals surface area contributed by atoms with Crippen LogP contribution in [0.25, 0.3) is 0 Å². The van der Waals surface area contributed by atoms with Gasteiger partial charge in [0.1, 0.15) is 10.8 Å². The molecule has 0 fully saturated rings. The highest BCUT2D eigenvalue weighted by atomic mass is 32.1. The second kappa shape index (κ2) is 12.5. The maximum atomic E-state index is 12.3. The Kier molecular flexibility index (Phi) is 8.60. The van der Waals surface area contributed by atoms with Crippen LogP contribution in [0.15, 0.2) is 71.9 Å². The van der Waals surface area contributed by atoms with Crippen LogP contribution >= 0.6 is 11.3 Å². The Morgan fingerprint density at radius 1 is 0.889 bits per heavy atom. The first-order valence-electron chi connectivity index (χ1n) is 11.5. The summed E-state index contributed by atoms with van der Waals surface area (Å²) in [5, 5.41) is 14.9. The highest BCUT2D eigenvalue weighted by Crippen LogP contribution is 2.17. The van der Waals surface area contributed by atoms with Crippen LogP contribution in [0.4, 0.5) is 10.9 Å². The zero-order chi connectivity index (χ0) is 25.2. The number of carbonyl (C=O) groups is 2. The topological polar surface area (TPSA) is 132 Å². The maximum Gasteiger partial charge on any atom is 0.349 e. The summed E-state index contributed by atoms with van der Waals surface area (Å²) in [4.78, 5) is 44.6. The molecule has 0 saturated heterocycles. The summed E-state index contributed by atoms with van der Waals surface area (Å²) in [6.45, 7) is 0.495. The van der Waals surface area contributed by atoms with Crippen molar-refractivity contribution in [1.82, 2.24) is 24.7 Å². The predicted octanol–water partition coefficient (Wildman–Crippen LogP) is 2.88. The van der Waals surface area contributed by atoms with Crippen molar-refractivity contribution >= 4 is 34.1 Å². The predicted molar refractivity (Wildman–Crippen MR) is 137 cm³/mol. The second-order valence-corrected chi connectivity index (χ2v) is 9.11. The fourth-order valence-corrected chi connectivity index (χ4v) is 4.25. The largest absolute Gasteiger partial charge is 0.349 e. The number of aromatic nitrogens is 5. The number of hydrogen-bond acceptors (Lipinski definition) is 8. The molecule has 0 aliphatic heterocycles. The molecular formula is C25H25N7O3S. The quantitative estimate of drug-likeness (QED) is 0.301. The molecule has 184 valence electrons. The number of amides is 2. The summed E-state index contributed by atoms with van der Waals surface area (Å²) in [6.07, 6.45) is 7.55. The fraction of sp³-hybridized carbons (Fsp3) is 0.240. The third-order valence-corrected chi connectivity index (χ3v) is 6.09. The van der Waals surface area contributed by atoms with Crippen LogP contribution in [0.2, 0.25) is 0 Å². The summed E-state index contributed by atoms with van der Waals surface area (Å²) in [6, 6.07) is 14.7. The molecule has 3 heterocycles. The number of carbonyl (C=O) groups excluding carboxylic acids is 2. The number of benzene rings is 1. The zero-order valence-corrected chi connectivity index (χ0v) is 20.3. The SMILES string of the molecule is O=C(Cc1cccnc1)Nc1ccn(CCCCc2nnc(NC(=O)Cc3ccccc3)s2)c(=O)n1. The second-order valence-electron chi connectivity index (χ2n) is 8.04. The molecule has 3 aromatic heterocycles. The Morgan fingerprint density at radius 2 is 1.67 bits per heavy atom.